The van der Waals surface area contributed by atoms with E-state index in [2.05, 4.69) is 41.9 Å². The molecule has 67 heavy (non-hydrogen) atoms. The summed E-state index contributed by atoms with van der Waals surface area (Å²) in [6.07, 6.45) is 6.73. The van der Waals surface area contributed by atoms with Gasteiger partial charge in [-0.3, -0.25) is 19.2 Å². The van der Waals surface area contributed by atoms with Crippen LogP contribution >= 0.6 is 0 Å². The molecular weight excluding hydrogens is 857 g/mol. The summed E-state index contributed by atoms with van der Waals surface area (Å²) in [6, 6.07) is 15.5. The van der Waals surface area contributed by atoms with Crippen molar-refractivity contribution >= 4 is 41.6 Å². The molecule has 2 fully saturated rings. The first kappa shape index (κ1) is 51.7. The third-order valence-corrected chi connectivity index (χ3v) is 12.7. The molecule has 2 aliphatic rings. The number of amides is 7. The van der Waals surface area contributed by atoms with E-state index in [1.807, 2.05) is 74.5 Å². The second-order valence-corrected chi connectivity index (χ2v) is 17.9. The fourth-order valence-corrected chi connectivity index (χ4v) is 8.46. The lowest BCUT2D eigenvalue weighted by Crippen LogP contribution is -2.55. The van der Waals surface area contributed by atoms with Crippen molar-refractivity contribution in [2.75, 3.05) is 25.4 Å². The van der Waals surface area contributed by atoms with Crippen LogP contribution in [0.25, 0.3) is 0 Å². The number of likely N-dealkylation sites (tertiary alicyclic amines) is 1. The molecule has 0 bridgehead atoms. The molecule has 2 heterocycles. The first-order valence-corrected chi connectivity index (χ1v) is 23.7. The monoisotopic (exact) mass is 927 g/mol. The second-order valence-electron chi connectivity index (χ2n) is 17.9. The molecule has 18 nitrogen and oxygen atoms in total. The maximum Gasteiger partial charge on any atom is 0.407 e. The summed E-state index contributed by atoms with van der Waals surface area (Å²) < 4.78 is 5.36. The summed E-state index contributed by atoms with van der Waals surface area (Å²) >= 11 is 0. The van der Waals surface area contributed by atoms with E-state index < -0.39 is 60.0 Å². The lowest BCUT2D eigenvalue weighted by Gasteiger charge is -2.33. The molecule has 7 amide bonds. The van der Waals surface area contributed by atoms with Crippen molar-refractivity contribution in [2.24, 2.45) is 11.8 Å². The molecule has 1 aromatic heterocycles. The molecule has 1 aliphatic carbocycles. The molecule has 1 aliphatic heterocycles. The minimum Gasteiger partial charge on any atom is -0.445 e. The summed E-state index contributed by atoms with van der Waals surface area (Å²) in [5, 5.41) is 28.6. The Morgan fingerprint density at radius 1 is 0.851 bits per heavy atom. The molecule has 2 aromatic carbocycles. The van der Waals surface area contributed by atoms with Crippen LogP contribution in [-0.2, 0) is 43.5 Å². The van der Waals surface area contributed by atoms with Crippen molar-refractivity contribution in [2.45, 2.75) is 141 Å². The van der Waals surface area contributed by atoms with E-state index in [-0.39, 0.29) is 62.7 Å². The molecule has 9 N–H and O–H groups in total. The van der Waals surface area contributed by atoms with Crippen LogP contribution in [0, 0.1) is 18.8 Å². The lowest BCUT2D eigenvalue weighted by molar-refractivity contribution is -0.132. The third kappa shape index (κ3) is 17.5. The lowest BCUT2D eigenvalue weighted by atomic mass is 9.83. The summed E-state index contributed by atoms with van der Waals surface area (Å²) in [6.45, 7) is 6.39. The summed E-state index contributed by atoms with van der Waals surface area (Å²) in [5.41, 5.74) is 8.26. The highest BCUT2D eigenvalue weighted by molar-refractivity contribution is 5.89. The van der Waals surface area contributed by atoms with Crippen molar-refractivity contribution in [3.05, 3.63) is 89.4 Å². The average molecular weight is 927 g/mol. The number of anilines is 1. The standard InChI is InChI=1S/C49H70N10O8/c1-4-32(2)44(47(64)53-30-37-29-52-33(3)54-45(37)50)58-43(62)28-41(60)39(26-34-14-8-5-9-15-34)56-42(61)20-23-51-46(63)40(27-35-16-10-6-11-17-35)57-48(65)59-24-21-38(22-25-59)55-49(66)67-31-36-18-12-7-13-19-36/h6-7,10-13,16-19,29,32,34,38-41,44,60H,4-5,8-9,14-15,20-28,30-31H2,1-3H3,(H,51,63)(H,53,64)(H,55,66)(H,56,61)(H,57,65)(H,58,62)(H2,50,52,54)/t32-,39-,40-,41-,44-/m0/s1. The Bertz CT molecular complexity index is 2060. The highest BCUT2D eigenvalue weighted by Gasteiger charge is 2.32. The number of nitrogens with zero attached hydrogens (tertiary/aromatic N) is 3. The van der Waals surface area contributed by atoms with Crippen molar-refractivity contribution < 1.29 is 38.6 Å². The topological polar surface area (TPSA) is 259 Å². The molecule has 18 heteroatoms. The Hall–Kier alpha value is -6.30. The number of hydrogen-bond acceptors (Lipinski definition) is 11. The number of piperidine rings is 1. The average Bonchev–Trinajstić information content (AvgIpc) is 3.32. The van der Waals surface area contributed by atoms with Gasteiger partial charge in [0.1, 0.15) is 30.3 Å². The Balaban J connectivity index is 1.12. The number of carbonyl (C=O) groups excluding carboxylic acids is 6. The van der Waals surface area contributed by atoms with E-state index >= 15 is 0 Å². The van der Waals surface area contributed by atoms with Crippen molar-refractivity contribution in [3.8, 4) is 0 Å². The molecule has 5 atom stereocenters. The number of nitrogens with one attached hydrogen (secondary N) is 6. The first-order valence-electron chi connectivity index (χ1n) is 23.7. The zero-order valence-electron chi connectivity index (χ0n) is 39.1. The largest absolute Gasteiger partial charge is 0.445 e. The van der Waals surface area contributed by atoms with Crippen LogP contribution in [0.5, 0.6) is 0 Å². The van der Waals surface area contributed by atoms with Gasteiger partial charge in [-0.25, -0.2) is 19.6 Å². The molecule has 0 radical (unpaired) electrons. The van der Waals surface area contributed by atoms with Crippen molar-refractivity contribution in [1.29, 1.82) is 0 Å². The van der Waals surface area contributed by atoms with E-state index in [0.29, 0.717) is 50.2 Å². The van der Waals surface area contributed by atoms with Crippen LogP contribution < -0.4 is 37.6 Å². The predicted molar refractivity (Wildman–Crippen MR) is 253 cm³/mol. The molecule has 5 rings (SSSR count). The van der Waals surface area contributed by atoms with Gasteiger partial charge < -0.3 is 52.4 Å². The summed E-state index contributed by atoms with van der Waals surface area (Å²) in [7, 11) is 0. The third-order valence-electron chi connectivity index (χ3n) is 12.7. The number of aliphatic hydroxyl groups is 1. The SMILES string of the molecule is CC[C@H](C)[C@H](NC(=O)C[C@H](O)[C@H](CC1CCCCC1)NC(=O)CCNC(=O)[C@H](Cc1ccccc1)NC(=O)N1CCC(NC(=O)OCc2ccccc2)CC1)C(=O)NCc1cnc(C)nc1N. The molecular formula is C49H70N10O8. The van der Waals surface area contributed by atoms with E-state index in [9.17, 15) is 33.9 Å². The van der Waals surface area contributed by atoms with Crippen LogP contribution in [0.4, 0.5) is 15.4 Å². The first-order chi connectivity index (χ1) is 32.3. The molecule has 364 valence electrons. The number of alkyl carbamates (subject to hydrolysis) is 1. The van der Waals surface area contributed by atoms with Crippen molar-refractivity contribution in [3.63, 3.8) is 0 Å². The number of urea groups is 1. The Kier molecular flexibility index (Phi) is 20.6. The maximum atomic E-state index is 13.7. The van der Waals surface area contributed by atoms with Crippen LogP contribution in [0.3, 0.4) is 0 Å². The minimum absolute atomic E-state index is 0.0396. The number of nitrogens with two attached hydrogens (primary N) is 1. The number of aromatic nitrogens is 2. The summed E-state index contributed by atoms with van der Waals surface area (Å²) in [5.74, 6) is -1.05. The van der Waals surface area contributed by atoms with E-state index in [0.717, 1.165) is 43.2 Å². The number of nitrogen functional groups attached to an aromatic ring is 1. The fraction of sp³-hybridized carbons (Fsp3) is 0.551. The number of aliphatic hydroxyl groups excluding tert-OH is 1. The quantitative estimate of drug-likeness (QED) is 0.0716. The number of benzene rings is 2. The van der Waals surface area contributed by atoms with Gasteiger partial charge in [-0.05, 0) is 49.1 Å². The molecule has 0 unspecified atom stereocenters. The zero-order valence-corrected chi connectivity index (χ0v) is 39.1. The highest BCUT2D eigenvalue weighted by atomic mass is 16.5. The van der Waals surface area contributed by atoms with E-state index in [1.165, 1.54) is 0 Å². The van der Waals surface area contributed by atoms with E-state index in [1.54, 1.807) is 18.0 Å². The maximum absolute atomic E-state index is 13.7. The number of carbonyl (C=O) groups is 6. The van der Waals surface area contributed by atoms with Gasteiger partial charge in [0.25, 0.3) is 0 Å². The van der Waals surface area contributed by atoms with Gasteiger partial charge >= 0.3 is 12.1 Å². The Morgan fingerprint density at radius 3 is 2.18 bits per heavy atom. The minimum atomic E-state index is -1.25. The van der Waals surface area contributed by atoms with Gasteiger partial charge in [-0.2, -0.15) is 0 Å². The Labute approximate surface area is 393 Å². The van der Waals surface area contributed by atoms with Crippen LogP contribution in [0.15, 0.2) is 66.9 Å². The normalized spacial score (nSPS) is 16.6. The number of rotatable bonds is 22. The number of aryl methyl sites for hydroxylation is 1. The second kappa shape index (κ2) is 26.7. The van der Waals surface area contributed by atoms with Gasteiger partial charge in [0.15, 0.2) is 0 Å². The van der Waals surface area contributed by atoms with Crippen LogP contribution in [-0.4, -0.2) is 106 Å². The van der Waals surface area contributed by atoms with Gasteiger partial charge in [0.05, 0.1) is 18.6 Å². The van der Waals surface area contributed by atoms with Crippen LogP contribution in [0.2, 0.25) is 0 Å². The van der Waals surface area contributed by atoms with Gasteiger partial charge in [-0.1, -0.05) is 113 Å². The molecule has 3 aromatic rings. The molecule has 0 spiro atoms. The van der Waals surface area contributed by atoms with Crippen LogP contribution in [0.1, 0.15) is 107 Å². The zero-order chi connectivity index (χ0) is 48.1. The van der Waals surface area contributed by atoms with Gasteiger partial charge in [-0.15, -0.1) is 0 Å². The van der Waals surface area contributed by atoms with E-state index in [4.69, 9.17) is 10.5 Å². The molecule has 1 saturated heterocycles. The fourth-order valence-electron chi connectivity index (χ4n) is 8.46. The van der Waals surface area contributed by atoms with Gasteiger partial charge in [0.2, 0.25) is 23.6 Å². The van der Waals surface area contributed by atoms with Crippen molar-refractivity contribution in [1.82, 2.24) is 46.8 Å². The Morgan fingerprint density at radius 2 is 1.52 bits per heavy atom. The number of ether oxygens (including phenoxy) is 1. The summed E-state index contributed by atoms with van der Waals surface area (Å²) in [4.78, 5) is 89.8. The van der Waals surface area contributed by atoms with Gasteiger partial charge in [0, 0.05) is 56.8 Å². The predicted octanol–water partition coefficient (Wildman–Crippen LogP) is 3.94. The molecule has 1 saturated carbocycles. The highest BCUT2D eigenvalue weighted by Crippen LogP contribution is 2.28. The number of hydrogen-bond donors (Lipinski definition) is 8. The smallest absolute Gasteiger partial charge is 0.407 e.